The number of fused-ring (bicyclic) bond motifs is 3. The largest absolute Gasteiger partial charge is 0.138 e. The zero-order valence-electron chi connectivity index (χ0n) is 11.2. The van der Waals surface area contributed by atoms with Crippen LogP contribution in [0.1, 0.15) is 42.4 Å². The maximum atomic E-state index is 3.87. The Morgan fingerprint density at radius 1 is 1.00 bits per heavy atom. The Labute approximate surface area is 126 Å². The van der Waals surface area contributed by atoms with Gasteiger partial charge in [0, 0.05) is 19.2 Å². The summed E-state index contributed by atoms with van der Waals surface area (Å²) in [6.45, 7) is 6.14. The second-order valence-corrected chi connectivity index (χ2v) is 8.17. The second-order valence-electron chi connectivity index (χ2n) is 4.87. The number of unbranched alkanes of at least 4 members (excludes halogenated alkanes) is 3. The molecule has 3 aromatic heterocycles. The fourth-order valence-corrected chi connectivity index (χ4v) is 6.30. The third kappa shape index (κ3) is 2.64. The van der Waals surface area contributed by atoms with E-state index >= 15 is 0 Å². The highest BCUT2D eigenvalue weighted by Gasteiger charge is 2.12. The number of rotatable bonds is 6. The van der Waals surface area contributed by atoms with E-state index in [0.29, 0.717) is 0 Å². The molecule has 0 radical (unpaired) electrons. The van der Waals surface area contributed by atoms with Crippen LogP contribution in [-0.4, -0.2) is 0 Å². The Kier molecular flexibility index (Phi) is 4.06. The molecule has 0 nitrogen and oxygen atoms in total. The van der Waals surface area contributed by atoms with E-state index in [4.69, 9.17) is 0 Å². The highest BCUT2D eigenvalue weighted by atomic mass is 32.1. The van der Waals surface area contributed by atoms with Crippen molar-refractivity contribution in [1.29, 1.82) is 0 Å². The zero-order chi connectivity index (χ0) is 13.2. The van der Waals surface area contributed by atoms with Gasteiger partial charge in [0.25, 0.3) is 0 Å². The molecular formula is C16H18S3. The molecule has 0 unspecified atom stereocenters. The van der Waals surface area contributed by atoms with Gasteiger partial charge in [-0.2, -0.15) is 0 Å². The quantitative estimate of drug-likeness (QED) is 0.432. The lowest BCUT2D eigenvalue weighted by molar-refractivity contribution is 0.670. The van der Waals surface area contributed by atoms with Crippen LogP contribution in [0.3, 0.4) is 0 Å². The minimum Gasteiger partial charge on any atom is -0.138 e. The van der Waals surface area contributed by atoms with Crippen molar-refractivity contribution in [2.45, 2.75) is 39.0 Å². The fraction of sp³-hybridized carbons (Fsp3) is 0.375. The van der Waals surface area contributed by atoms with E-state index in [-0.39, 0.29) is 0 Å². The summed E-state index contributed by atoms with van der Waals surface area (Å²) < 4.78 is 5.88. The predicted octanol–water partition coefficient (Wildman–Crippen LogP) is 6.94. The first-order chi connectivity index (χ1) is 9.31. The van der Waals surface area contributed by atoms with Crippen LogP contribution in [0.5, 0.6) is 0 Å². The minimum absolute atomic E-state index is 1.26. The molecule has 0 fully saturated rings. The van der Waals surface area contributed by atoms with E-state index < -0.39 is 0 Å². The third-order valence-electron chi connectivity index (χ3n) is 3.37. The number of hydrogen-bond donors (Lipinski definition) is 0. The molecule has 3 heterocycles. The van der Waals surface area contributed by atoms with Crippen molar-refractivity contribution in [2.24, 2.45) is 0 Å². The van der Waals surface area contributed by atoms with Crippen LogP contribution >= 0.6 is 34.0 Å². The van der Waals surface area contributed by atoms with Gasteiger partial charge in [0.2, 0.25) is 0 Å². The molecule has 100 valence electrons. The summed E-state index contributed by atoms with van der Waals surface area (Å²) in [5.74, 6) is 0. The maximum Gasteiger partial charge on any atom is 0.0635 e. The van der Waals surface area contributed by atoms with Crippen LogP contribution in [0.2, 0.25) is 0 Å². The lowest BCUT2D eigenvalue weighted by Gasteiger charge is -1.96. The summed E-state index contributed by atoms with van der Waals surface area (Å²) in [6.07, 6.45) is 8.62. The second kappa shape index (κ2) is 5.78. The molecule has 0 aliphatic heterocycles. The molecule has 0 atom stereocenters. The molecular weight excluding hydrogens is 288 g/mol. The molecule has 0 aliphatic carbocycles. The van der Waals surface area contributed by atoms with Crippen LogP contribution in [0.25, 0.3) is 24.9 Å². The molecule has 0 N–H and O–H groups in total. The van der Waals surface area contributed by atoms with Gasteiger partial charge in [-0.05, 0) is 25.0 Å². The topological polar surface area (TPSA) is 0 Å². The zero-order valence-corrected chi connectivity index (χ0v) is 13.6. The van der Waals surface area contributed by atoms with Gasteiger partial charge >= 0.3 is 0 Å². The van der Waals surface area contributed by atoms with Crippen LogP contribution in [-0.2, 0) is 6.42 Å². The fourth-order valence-electron chi connectivity index (χ4n) is 2.35. The Morgan fingerprint density at radius 3 is 2.58 bits per heavy atom. The number of hydrogen-bond acceptors (Lipinski definition) is 3. The standard InChI is InChI=1S/C16H18S3/c1-3-5-6-7-8-12-10-14-16(18-12)15-13(19-14)9-11(4-2)17-15/h4,9-10H,2-3,5-8H2,1H3. The summed E-state index contributed by atoms with van der Waals surface area (Å²) in [6, 6.07) is 4.68. The number of aryl methyl sites for hydroxylation is 1. The van der Waals surface area contributed by atoms with Crippen molar-refractivity contribution in [3.8, 4) is 0 Å². The summed E-state index contributed by atoms with van der Waals surface area (Å²) in [5.41, 5.74) is 0. The Morgan fingerprint density at radius 2 is 1.79 bits per heavy atom. The normalized spacial score (nSPS) is 11.6. The van der Waals surface area contributed by atoms with E-state index in [0.717, 1.165) is 0 Å². The van der Waals surface area contributed by atoms with Crippen LogP contribution in [0.4, 0.5) is 0 Å². The van der Waals surface area contributed by atoms with Gasteiger partial charge in [-0.15, -0.1) is 34.0 Å². The van der Waals surface area contributed by atoms with Crippen molar-refractivity contribution in [3.05, 3.63) is 28.5 Å². The molecule has 0 amide bonds. The molecule has 0 spiro atoms. The first-order valence-electron chi connectivity index (χ1n) is 6.89. The lowest BCUT2D eigenvalue weighted by atomic mass is 10.1. The van der Waals surface area contributed by atoms with E-state index in [1.807, 2.05) is 40.1 Å². The van der Waals surface area contributed by atoms with Gasteiger partial charge < -0.3 is 0 Å². The van der Waals surface area contributed by atoms with Crippen molar-refractivity contribution in [2.75, 3.05) is 0 Å². The molecule has 3 heteroatoms. The first-order valence-corrected chi connectivity index (χ1v) is 9.34. The molecule has 19 heavy (non-hydrogen) atoms. The molecule has 0 bridgehead atoms. The smallest absolute Gasteiger partial charge is 0.0635 e. The van der Waals surface area contributed by atoms with Crippen molar-refractivity contribution >= 4 is 58.9 Å². The van der Waals surface area contributed by atoms with Gasteiger partial charge in [-0.3, -0.25) is 0 Å². The number of thiophene rings is 3. The Hall–Kier alpha value is -0.640. The average molecular weight is 307 g/mol. The van der Waals surface area contributed by atoms with E-state index in [1.54, 1.807) is 4.88 Å². The summed E-state index contributed by atoms with van der Waals surface area (Å²) in [4.78, 5) is 2.86. The first kappa shape index (κ1) is 13.3. The van der Waals surface area contributed by atoms with Gasteiger partial charge in [0.15, 0.2) is 0 Å². The molecule has 0 saturated carbocycles. The molecule has 0 aromatic carbocycles. The Balaban J connectivity index is 1.84. The van der Waals surface area contributed by atoms with Crippen LogP contribution in [0.15, 0.2) is 18.7 Å². The molecule has 0 saturated heterocycles. The third-order valence-corrected chi connectivity index (χ3v) is 7.20. The van der Waals surface area contributed by atoms with Gasteiger partial charge in [-0.1, -0.05) is 38.8 Å². The minimum atomic E-state index is 1.26. The predicted molar refractivity (Wildman–Crippen MR) is 93.0 cm³/mol. The summed E-state index contributed by atoms with van der Waals surface area (Å²) in [7, 11) is 0. The van der Waals surface area contributed by atoms with Gasteiger partial charge in [-0.25, -0.2) is 0 Å². The van der Waals surface area contributed by atoms with E-state index in [2.05, 4.69) is 25.6 Å². The SMILES string of the molecule is C=Cc1cc2sc3cc(CCCCCC)sc3c2s1. The highest BCUT2D eigenvalue weighted by Crippen LogP contribution is 2.44. The van der Waals surface area contributed by atoms with Gasteiger partial charge in [0.05, 0.1) is 9.40 Å². The molecule has 0 aliphatic rings. The van der Waals surface area contributed by atoms with E-state index in [9.17, 15) is 0 Å². The average Bonchev–Trinajstić information content (AvgIpc) is 3.04. The van der Waals surface area contributed by atoms with Crippen molar-refractivity contribution in [1.82, 2.24) is 0 Å². The monoisotopic (exact) mass is 306 g/mol. The summed E-state index contributed by atoms with van der Waals surface area (Å²) in [5, 5.41) is 0. The molecule has 3 rings (SSSR count). The Bertz CT molecular complexity index is 696. The molecule has 3 aromatic rings. The van der Waals surface area contributed by atoms with Crippen LogP contribution < -0.4 is 0 Å². The van der Waals surface area contributed by atoms with Crippen molar-refractivity contribution in [3.63, 3.8) is 0 Å². The van der Waals surface area contributed by atoms with E-state index in [1.165, 1.54) is 55.8 Å². The lowest BCUT2D eigenvalue weighted by Crippen LogP contribution is -1.80. The summed E-state index contributed by atoms with van der Waals surface area (Å²) >= 11 is 5.82. The highest BCUT2D eigenvalue weighted by molar-refractivity contribution is 7.38. The van der Waals surface area contributed by atoms with Crippen LogP contribution in [0, 0.1) is 0 Å². The van der Waals surface area contributed by atoms with Gasteiger partial charge in [0.1, 0.15) is 0 Å². The van der Waals surface area contributed by atoms with Crippen molar-refractivity contribution < 1.29 is 0 Å². The maximum absolute atomic E-state index is 3.87.